The number of esters is 3. The second kappa shape index (κ2) is 65.1. The molecule has 0 aliphatic rings. The van der Waals surface area contributed by atoms with Gasteiger partial charge in [0.2, 0.25) is 0 Å². The van der Waals surface area contributed by atoms with Crippen LogP contribution in [0.1, 0.15) is 329 Å². The molecule has 0 spiro atoms. The molecule has 0 aliphatic heterocycles. The Hall–Kier alpha value is -3.41. The Morgan fingerprint density at radius 2 is 0.494 bits per heavy atom. The lowest BCUT2D eigenvalue weighted by atomic mass is 10.0. The number of unbranched alkanes of at least 4 members (excludes halogenated alkanes) is 35. The van der Waals surface area contributed by atoms with Crippen molar-refractivity contribution in [1.82, 2.24) is 0 Å². The van der Waals surface area contributed by atoms with Crippen LogP contribution in [0.25, 0.3) is 0 Å². The van der Waals surface area contributed by atoms with E-state index in [0.717, 1.165) is 109 Å². The Kier molecular flexibility index (Phi) is 62.2. The van der Waals surface area contributed by atoms with E-state index in [-0.39, 0.29) is 31.1 Å². The van der Waals surface area contributed by atoms with Crippen molar-refractivity contribution in [3.05, 3.63) is 85.1 Å². The van der Waals surface area contributed by atoms with Crippen molar-refractivity contribution >= 4 is 17.9 Å². The van der Waals surface area contributed by atoms with Gasteiger partial charge in [-0.1, -0.05) is 279 Å². The molecule has 0 aliphatic carbocycles. The molecule has 77 heavy (non-hydrogen) atoms. The second-order valence-electron chi connectivity index (χ2n) is 22.0. The topological polar surface area (TPSA) is 78.9 Å². The molecule has 0 saturated carbocycles. The summed E-state index contributed by atoms with van der Waals surface area (Å²) >= 11 is 0. The highest BCUT2D eigenvalue weighted by atomic mass is 16.6. The molecule has 6 nitrogen and oxygen atoms in total. The number of allylic oxidation sites excluding steroid dienone is 14. The fraction of sp³-hybridized carbons (Fsp3) is 0.761. The second-order valence-corrected chi connectivity index (χ2v) is 22.0. The van der Waals surface area contributed by atoms with Crippen molar-refractivity contribution in [1.29, 1.82) is 0 Å². The minimum atomic E-state index is -0.788. The molecule has 0 aromatic carbocycles. The van der Waals surface area contributed by atoms with Gasteiger partial charge in [0.1, 0.15) is 13.2 Å². The van der Waals surface area contributed by atoms with Crippen molar-refractivity contribution in [3.63, 3.8) is 0 Å². The summed E-state index contributed by atoms with van der Waals surface area (Å²) in [6.07, 6.45) is 85.9. The van der Waals surface area contributed by atoms with E-state index in [1.54, 1.807) is 0 Å². The minimum Gasteiger partial charge on any atom is -0.462 e. The molecule has 1 atom stereocenters. The molecule has 0 saturated heterocycles. The molecule has 0 amide bonds. The Morgan fingerprint density at radius 3 is 0.779 bits per heavy atom. The lowest BCUT2D eigenvalue weighted by molar-refractivity contribution is -0.167. The Balaban J connectivity index is 4.33. The lowest BCUT2D eigenvalue weighted by Crippen LogP contribution is -2.30. The Labute approximate surface area is 477 Å². The van der Waals surface area contributed by atoms with Gasteiger partial charge in [-0.15, -0.1) is 0 Å². The number of ether oxygens (including phenoxy) is 3. The van der Waals surface area contributed by atoms with Crippen LogP contribution in [-0.2, 0) is 28.6 Å². The van der Waals surface area contributed by atoms with E-state index in [0.29, 0.717) is 19.3 Å². The van der Waals surface area contributed by atoms with Gasteiger partial charge >= 0.3 is 17.9 Å². The molecule has 0 heterocycles. The van der Waals surface area contributed by atoms with E-state index in [1.165, 1.54) is 180 Å². The van der Waals surface area contributed by atoms with Gasteiger partial charge in [-0.2, -0.15) is 0 Å². The number of carbonyl (C=O) groups excluding carboxylic acids is 3. The zero-order valence-electron chi connectivity index (χ0n) is 51.0. The monoisotopic (exact) mass is 1070 g/mol. The first-order chi connectivity index (χ1) is 38.0. The highest BCUT2D eigenvalue weighted by molar-refractivity contribution is 5.71. The zero-order valence-corrected chi connectivity index (χ0v) is 51.0. The van der Waals surface area contributed by atoms with Crippen LogP contribution < -0.4 is 0 Å². The standard InChI is InChI=1S/C71H124O6/c1-4-7-10-13-16-19-22-25-27-29-31-33-34-35-36-38-39-41-43-46-49-52-55-58-61-64-70(73)76-67-68(66-75-69(72)63-60-57-54-51-48-45-24-21-18-15-12-9-6-3)77-71(74)65-62-59-56-53-50-47-44-42-40-37-32-30-28-26-23-20-17-14-11-8-5-2/h12,15,21-26,29-32,34-35,68H,4-11,13-14,16-20,27-28,33,36-67H2,1-3H3/b15-12-,24-21-,25-22-,26-23-,31-29-,32-30-,35-34-. The summed E-state index contributed by atoms with van der Waals surface area (Å²) in [7, 11) is 0. The molecule has 444 valence electrons. The highest BCUT2D eigenvalue weighted by Crippen LogP contribution is 2.16. The van der Waals surface area contributed by atoms with Gasteiger partial charge in [0.25, 0.3) is 0 Å². The van der Waals surface area contributed by atoms with E-state index in [9.17, 15) is 14.4 Å². The first-order valence-corrected chi connectivity index (χ1v) is 33.1. The molecule has 1 unspecified atom stereocenters. The molecule has 6 heteroatoms. The molecule has 0 bridgehead atoms. The summed E-state index contributed by atoms with van der Waals surface area (Å²) in [5.41, 5.74) is 0. The van der Waals surface area contributed by atoms with Gasteiger partial charge in [0.15, 0.2) is 6.10 Å². The van der Waals surface area contributed by atoms with Gasteiger partial charge in [-0.3, -0.25) is 14.4 Å². The van der Waals surface area contributed by atoms with Crippen LogP contribution in [0.5, 0.6) is 0 Å². The molecule has 0 rings (SSSR count). The van der Waals surface area contributed by atoms with Gasteiger partial charge in [0.05, 0.1) is 0 Å². The third kappa shape index (κ3) is 63.3. The first-order valence-electron chi connectivity index (χ1n) is 33.1. The van der Waals surface area contributed by atoms with Crippen molar-refractivity contribution in [3.8, 4) is 0 Å². The van der Waals surface area contributed by atoms with Crippen molar-refractivity contribution < 1.29 is 28.6 Å². The molecular formula is C71H124O6. The maximum absolute atomic E-state index is 12.9. The average molecular weight is 1070 g/mol. The van der Waals surface area contributed by atoms with Crippen LogP contribution in [0.2, 0.25) is 0 Å². The van der Waals surface area contributed by atoms with Crippen LogP contribution in [0, 0.1) is 0 Å². The van der Waals surface area contributed by atoms with Gasteiger partial charge in [0, 0.05) is 19.3 Å². The smallest absolute Gasteiger partial charge is 0.306 e. The predicted octanol–water partition coefficient (Wildman–Crippen LogP) is 22.7. The quantitative estimate of drug-likeness (QED) is 0.0261. The maximum atomic E-state index is 12.9. The molecule has 0 N–H and O–H groups in total. The van der Waals surface area contributed by atoms with E-state index < -0.39 is 6.10 Å². The molecule has 0 aromatic rings. The predicted molar refractivity (Wildman–Crippen MR) is 334 cm³/mol. The maximum Gasteiger partial charge on any atom is 0.306 e. The van der Waals surface area contributed by atoms with E-state index in [1.807, 2.05) is 0 Å². The summed E-state index contributed by atoms with van der Waals surface area (Å²) in [5.74, 6) is -0.894. The van der Waals surface area contributed by atoms with Crippen LogP contribution in [-0.4, -0.2) is 37.2 Å². The zero-order chi connectivity index (χ0) is 55.7. The van der Waals surface area contributed by atoms with Gasteiger partial charge in [-0.25, -0.2) is 0 Å². The number of hydrogen-bond acceptors (Lipinski definition) is 6. The van der Waals surface area contributed by atoms with E-state index >= 15 is 0 Å². The summed E-state index contributed by atoms with van der Waals surface area (Å²) in [4.78, 5) is 38.3. The first kappa shape index (κ1) is 73.6. The highest BCUT2D eigenvalue weighted by Gasteiger charge is 2.19. The van der Waals surface area contributed by atoms with Crippen LogP contribution in [0.15, 0.2) is 85.1 Å². The van der Waals surface area contributed by atoms with E-state index in [2.05, 4.69) is 106 Å². The summed E-state index contributed by atoms with van der Waals surface area (Å²) in [6, 6.07) is 0. The number of carbonyl (C=O) groups is 3. The van der Waals surface area contributed by atoms with Crippen molar-refractivity contribution in [2.24, 2.45) is 0 Å². The third-order valence-electron chi connectivity index (χ3n) is 14.3. The SMILES string of the molecule is CCC/C=C\C/C=C\CCCCCCCC(=O)OCC(COC(=O)CCCCCCCCCCCC/C=C\C/C=C\C/C=C\CCCCCCC)OC(=O)CCCCCCCCCCC/C=C\C/C=C\CCCCCCC. The van der Waals surface area contributed by atoms with Crippen LogP contribution in [0.4, 0.5) is 0 Å². The summed E-state index contributed by atoms with van der Waals surface area (Å²) < 4.78 is 16.9. The van der Waals surface area contributed by atoms with Gasteiger partial charge < -0.3 is 14.2 Å². The Morgan fingerprint density at radius 1 is 0.260 bits per heavy atom. The molecular weight excluding hydrogens is 949 g/mol. The van der Waals surface area contributed by atoms with E-state index in [4.69, 9.17) is 14.2 Å². The summed E-state index contributed by atoms with van der Waals surface area (Å²) in [5, 5.41) is 0. The lowest BCUT2D eigenvalue weighted by Gasteiger charge is -2.18. The van der Waals surface area contributed by atoms with Crippen LogP contribution in [0.3, 0.4) is 0 Å². The summed E-state index contributed by atoms with van der Waals surface area (Å²) in [6.45, 7) is 6.57. The Bertz CT molecular complexity index is 1470. The number of rotatable bonds is 60. The average Bonchev–Trinajstić information content (AvgIpc) is 3.43. The number of hydrogen-bond donors (Lipinski definition) is 0. The molecule has 0 aromatic heterocycles. The fourth-order valence-corrected chi connectivity index (χ4v) is 9.34. The van der Waals surface area contributed by atoms with Gasteiger partial charge in [-0.05, 0) is 116 Å². The molecule has 0 fully saturated rings. The molecule has 0 radical (unpaired) electrons. The third-order valence-corrected chi connectivity index (χ3v) is 14.3. The fourth-order valence-electron chi connectivity index (χ4n) is 9.34. The van der Waals surface area contributed by atoms with Crippen molar-refractivity contribution in [2.75, 3.05) is 13.2 Å². The van der Waals surface area contributed by atoms with Crippen molar-refractivity contribution in [2.45, 2.75) is 335 Å². The normalized spacial score (nSPS) is 12.6. The van der Waals surface area contributed by atoms with Crippen LogP contribution >= 0.6 is 0 Å². The largest absolute Gasteiger partial charge is 0.462 e. The minimum absolute atomic E-state index is 0.0840.